The number of carbonyl (C=O) groups excluding carboxylic acids is 3. The number of amides is 3. The predicted molar refractivity (Wildman–Crippen MR) is 138 cm³/mol. The van der Waals surface area contributed by atoms with Crippen molar-refractivity contribution < 1.29 is 24.2 Å². The van der Waals surface area contributed by atoms with Crippen LogP contribution in [0.3, 0.4) is 0 Å². The van der Waals surface area contributed by atoms with E-state index in [9.17, 15) is 19.5 Å². The van der Waals surface area contributed by atoms with Crippen LogP contribution in [0.25, 0.3) is 0 Å². The zero-order valence-corrected chi connectivity index (χ0v) is 23.1. The molecule has 8 nitrogen and oxygen atoms in total. The fraction of sp³-hybridized carbons (Fsp3) is 0.667. The molecule has 0 bridgehead atoms. The van der Waals surface area contributed by atoms with Gasteiger partial charge in [0.15, 0.2) is 0 Å². The van der Waals surface area contributed by atoms with Gasteiger partial charge >= 0.3 is 6.09 Å². The van der Waals surface area contributed by atoms with Gasteiger partial charge in [0.25, 0.3) is 0 Å². The molecule has 198 valence electrons. The van der Waals surface area contributed by atoms with Gasteiger partial charge in [-0.25, -0.2) is 4.79 Å². The second-order valence-corrected chi connectivity index (χ2v) is 11.2. The number of benzene rings is 1. The van der Waals surface area contributed by atoms with Crippen LogP contribution >= 0.6 is 0 Å². The molecule has 0 aromatic heterocycles. The lowest BCUT2D eigenvalue weighted by molar-refractivity contribution is -0.149. The number of aliphatic hydroxyl groups is 1. The summed E-state index contributed by atoms with van der Waals surface area (Å²) in [5, 5.41) is 15.6. The quantitative estimate of drug-likeness (QED) is 0.481. The molecule has 0 radical (unpaired) electrons. The molecule has 0 spiro atoms. The first kappa shape index (κ1) is 30.4. The molecule has 0 aliphatic heterocycles. The van der Waals surface area contributed by atoms with Crippen LogP contribution < -0.4 is 10.6 Å². The van der Waals surface area contributed by atoms with E-state index in [4.69, 9.17) is 4.74 Å². The van der Waals surface area contributed by atoms with Gasteiger partial charge in [0.05, 0.1) is 6.61 Å². The minimum Gasteiger partial charge on any atom is -0.444 e. The first-order valence-corrected chi connectivity index (χ1v) is 12.3. The lowest BCUT2D eigenvalue weighted by atomic mass is 9.90. The molecule has 0 saturated carbocycles. The SMILES string of the molecule is CCCC(C)NC(=O)C(c1c(C)cccc1C)N(C(=O)C(CO)NC(=O)OC(C)(C)C)C(C)(C)C. The fourth-order valence-corrected chi connectivity index (χ4v) is 4.11. The fourth-order valence-electron chi connectivity index (χ4n) is 4.11. The summed E-state index contributed by atoms with van der Waals surface area (Å²) in [6.07, 6.45) is 0.890. The van der Waals surface area contributed by atoms with Gasteiger partial charge in [-0.3, -0.25) is 9.59 Å². The highest BCUT2D eigenvalue weighted by Crippen LogP contribution is 2.33. The van der Waals surface area contributed by atoms with Crippen LogP contribution in [0.15, 0.2) is 18.2 Å². The average molecular weight is 492 g/mol. The van der Waals surface area contributed by atoms with Gasteiger partial charge in [-0.1, -0.05) is 31.5 Å². The zero-order chi connectivity index (χ0) is 27.1. The first-order valence-electron chi connectivity index (χ1n) is 12.3. The summed E-state index contributed by atoms with van der Waals surface area (Å²) in [7, 11) is 0. The number of carbonyl (C=O) groups is 3. The molecular formula is C27H45N3O5. The third kappa shape index (κ3) is 8.84. The number of nitrogens with one attached hydrogen (secondary N) is 2. The average Bonchev–Trinajstić information content (AvgIpc) is 2.68. The summed E-state index contributed by atoms with van der Waals surface area (Å²) in [5.41, 5.74) is 0.885. The van der Waals surface area contributed by atoms with Crippen molar-refractivity contribution >= 4 is 17.9 Å². The van der Waals surface area contributed by atoms with Crippen LogP contribution in [-0.4, -0.2) is 57.7 Å². The number of hydrogen-bond acceptors (Lipinski definition) is 5. The lowest BCUT2D eigenvalue weighted by Gasteiger charge is -2.43. The Morgan fingerprint density at radius 1 is 1.03 bits per heavy atom. The Bertz CT molecular complexity index is 866. The molecule has 0 saturated heterocycles. The van der Waals surface area contributed by atoms with E-state index in [0.717, 1.165) is 29.5 Å². The Morgan fingerprint density at radius 2 is 1.57 bits per heavy atom. The zero-order valence-electron chi connectivity index (χ0n) is 23.1. The Kier molecular flexibility index (Phi) is 10.8. The maximum Gasteiger partial charge on any atom is 0.408 e. The highest BCUT2D eigenvalue weighted by Gasteiger charge is 2.43. The molecule has 0 fully saturated rings. The predicted octanol–water partition coefficient (Wildman–Crippen LogP) is 4.16. The van der Waals surface area contributed by atoms with Gasteiger partial charge in [-0.05, 0) is 85.4 Å². The number of aliphatic hydroxyl groups excluding tert-OH is 1. The van der Waals surface area contributed by atoms with E-state index in [2.05, 4.69) is 10.6 Å². The maximum atomic E-state index is 13.9. The molecule has 1 rings (SSSR count). The Balaban J connectivity index is 3.58. The molecule has 1 aromatic rings. The normalized spacial score (nSPS) is 14.5. The molecule has 3 unspecified atom stereocenters. The van der Waals surface area contributed by atoms with Gasteiger partial charge < -0.3 is 25.4 Å². The van der Waals surface area contributed by atoms with Crippen molar-refractivity contribution in [2.24, 2.45) is 0 Å². The first-order chi connectivity index (χ1) is 16.0. The van der Waals surface area contributed by atoms with Gasteiger partial charge in [-0.2, -0.15) is 0 Å². The molecule has 35 heavy (non-hydrogen) atoms. The van der Waals surface area contributed by atoms with E-state index in [0.29, 0.717) is 0 Å². The van der Waals surface area contributed by atoms with Crippen LogP contribution in [0, 0.1) is 13.8 Å². The van der Waals surface area contributed by atoms with E-state index in [1.807, 2.05) is 66.7 Å². The van der Waals surface area contributed by atoms with Crippen molar-refractivity contribution in [2.75, 3.05) is 6.61 Å². The molecule has 0 aliphatic carbocycles. The number of hydrogen-bond donors (Lipinski definition) is 3. The summed E-state index contributed by atoms with van der Waals surface area (Å²) in [6.45, 7) is 17.8. The molecule has 1 aromatic carbocycles. The highest BCUT2D eigenvalue weighted by atomic mass is 16.6. The van der Waals surface area contributed by atoms with Crippen LogP contribution in [0.4, 0.5) is 4.79 Å². The minimum atomic E-state index is -1.28. The van der Waals surface area contributed by atoms with Gasteiger partial charge in [-0.15, -0.1) is 0 Å². The molecule has 0 aliphatic rings. The maximum absolute atomic E-state index is 13.9. The van der Waals surface area contributed by atoms with E-state index in [1.165, 1.54) is 4.90 Å². The van der Waals surface area contributed by atoms with Crippen molar-refractivity contribution in [1.82, 2.24) is 15.5 Å². The Hall–Kier alpha value is -2.61. The third-order valence-electron chi connectivity index (χ3n) is 5.56. The number of rotatable bonds is 9. The summed E-state index contributed by atoms with van der Waals surface area (Å²) >= 11 is 0. The largest absolute Gasteiger partial charge is 0.444 e. The van der Waals surface area contributed by atoms with Gasteiger partial charge in [0.1, 0.15) is 17.7 Å². The minimum absolute atomic E-state index is 0.0789. The van der Waals surface area contributed by atoms with E-state index in [1.54, 1.807) is 20.8 Å². The monoisotopic (exact) mass is 491 g/mol. The van der Waals surface area contributed by atoms with Crippen molar-refractivity contribution in [3.8, 4) is 0 Å². The lowest BCUT2D eigenvalue weighted by Crippen LogP contribution is -2.60. The van der Waals surface area contributed by atoms with Crippen LogP contribution in [-0.2, 0) is 14.3 Å². The van der Waals surface area contributed by atoms with Crippen molar-refractivity contribution in [1.29, 1.82) is 0 Å². The number of alkyl carbamates (subject to hydrolysis) is 1. The second-order valence-electron chi connectivity index (χ2n) is 11.2. The number of ether oxygens (including phenoxy) is 1. The summed E-state index contributed by atoms with van der Waals surface area (Å²) in [4.78, 5) is 41.5. The van der Waals surface area contributed by atoms with Crippen molar-refractivity contribution in [2.45, 2.75) is 111 Å². The molecule has 0 heterocycles. The third-order valence-corrected chi connectivity index (χ3v) is 5.56. The van der Waals surface area contributed by atoms with Gasteiger partial charge in [0.2, 0.25) is 11.8 Å². The summed E-state index contributed by atoms with van der Waals surface area (Å²) < 4.78 is 5.28. The smallest absolute Gasteiger partial charge is 0.408 e. The van der Waals surface area contributed by atoms with Crippen molar-refractivity contribution in [3.05, 3.63) is 34.9 Å². The van der Waals surface area contributed by atoms with Gasteiger partial charge in [0, 0.05) is 11.6 Å². The molecule has 3 amide bonds. The van der Waals surface area contributed by atoms with Crippen molar-refractivity contribution in [3.63, 3.8) is 0 Å². The standard InChI is InChI=1S/C27H45N3O5/c1-11-13-19(4)28-23(32)22(21-17(2)14-12-15-18(21)3)30(26(5,6)7)24(33)20(16-31)29-25(34)35-27(8,9)10/h12,14-15,19-20,22,31H,11,13,16H2,1-10H3,(H,28,32)(H,29,34). The molecular weight excluding hydrogens is 446 g/mol. The Labute approximate surface area is 210 Å². The van der Waals surface area contributed by atoms with E-state index in [-0.39, 0.29) is 11.9 Å². The summed E-state index contributed by atoms with van der Waals surface area (Å²) in [6, 6.07) is 3.41. The van der Waals surface area contributed by atoms with Crippen LogP contribution in [0.5, 0.6) is 0 Å². The molecule has 3 atom stereocenters. The number of nitrogens with zero attached hydrogens (tertiary/aromatic N) is 1. The second kappa shape index (κ2) is 12.4. The summed E-state index contributed by atoms with van der Waals surface area (Å²) in [5.74, 6) is -0.877. The van der Waals surface area contributed by atoms with E-state index < -0.39 is 41.8 Å². The molecule has 8 heteroatoms. The van der Waals surface area contributed by atoms with Crippen LogP contribution in [0.1, 0.15) is 91.0 Å². The number of aryl methyl sites for hydroxylation is 2. The Morgan fingerprint density at radius 3 is 2.00 bits per heavy atom. The van der Waals surface area contributed by atoms with E-state index >= 15 is 0 Å². The van der Waals surface area contributed by atoms with Crippen LogP contribution in [0.2, 0.25) is 0 Å². The highest BCUT2D eigenvalue weighted by molar-refractivity contribution is 5.93. The topological polar surface area (TPSA) is 108 Å². The molecule has 3 N–H and O–H groups in total.